The Morgan fingerprint density at radius 3 is 2.36 bits per heavy atom. The summed E-state index contributed by atoms with van der Waals surface area (Å²) in [5, 5.41) is 9.25. The number of carbonyl (C=O) groups excluding carboxylic acids is 1. The predicted octanol–water partition coefficient (Wildman–Crippen LogP) is 2.09. The molecule has 1 aromatic rings. The van der Waals surface area contributed by atoms with Crippen LogP contribution in [0.25, 0.3) is 0 Å². The monoisotopic (exact) mass is 438 g/mol. The summed E-state index contributed by atoms with van der Waals surface area (Å²) >= 11 is 2.75. The second kappa shape index (κ2) is 4.31. The Hall–Kier alpha value is 0.1000. The normalized spacial score (nSPS) is 11.3. The van der Waals surface area contributed by atoms with Crippen LogP contribution in [-0.4, -0.2) is 17.3 Å². The molecular formula is C7H4I2O4S. The van der Waals surface area contributed by atoms with Crippen LogP contribution in [0.5, 0.6) is 5.75 Å². The molecule has 0 aromatic heterocycles. The van der Waals surface area contributed by atoms with Gasteiger partial charge in [-0.25, -0.2) is 8.42 Å². The fourth-order valence-electron chi connectivity index (χ4n) is 0.824. The first-order valence-electron chi connectivity index (χ1n) is 3.30. The average molecular weight is 438 g/mol. The molecule has 1 N–H and O–H groups in total. The highest BCUT2D eigenvalue weighted by Gasteiger charge is 2.14. The van der Waals surface area contributed by atoms with Gasteiger partial charge in [-0.05, 0) is 18.2 Å². The Morgan fingerprint density at radius 2 is 1.93 bits per heavy atom. The molecule has 0 heterocycles. The number of benzene rings is 1. The number of carbonyl (C=O) groups is 1. The third kappa shape index (κ3) is 2.79. The number of phenols is 1. The molecule has 0 aliphatic rings. The van der Waals surface area contributed by atoms with Gasteiger partial charge < -0.3 is 5.11 Å². The van der Waals surface area contributed by atoms with Crippen LogP contribution in [0.3, 0.4) is 0 Å². The Bertz CT molecular complexity index is 480. The maximum atomic E-state index is 11.1. The van der Waals surface area contributed by atoms with E-state index in [0.717, 1.165) is 6.07 Å². The fourth-order valence-corrected chi connectivity index (χ4v) is 2.57. The zero-order valence-corrected chi connectivity index (χ0v) is 11.7. The lowest BCUT2D eigenvalue weighted by Crippen LogP contribution is -1.94. The molecule has 0 bridgehead atoms. The van der Waals surface area contributed by atoms with Crippen molar-refractivity contribution in [3.63, 3.8) is 0 Å². The van der Waals surface area contributed by atoms with Crippen molar-refractivity contribution < 1.29 is 18.3 Å². The van der Waals surface area contributed by atoms with E-state index in [0.29, 0.717) is 0 Å². The molecule has 7 heteroatoms. The van der Waals surface area contributed by atoms with E-state index in [2.05, 4.69) is 0 Å². The van der Waals surface area contributed by atoms with Crippen molar-refractivity contribution >= 4 is 54.6 Å². The van der Waals surface area contributed by atoms with E-state index in [1.165, 1.54) is 55.9 Å². The van der Waals surface area contributed by atoms with Gasteiger partial charge in [0.25, 0.3) is 0 Å². The van der Waals surface area contributed by atoms with Gasteiger partial charge in [-0.15, -0.1) is 0 Å². The van der Waals surface area contributed by atoms with Gasteiger partial charge in [0.15, 0.2) is 0 Å². The van der Waals surface area contributed by atoms with E-state index >= 15 is 0 Å². The van der Waals surface area contributed by atoms with Crippen LogP contribution in [0.4, 0.5) is 0 Å². The minimum absolute atomic E-state index is 0.00309. The molecule has 0 spiro atoms. The van der Waals surface area contributed by atoms with Crippen LogP contribution in [0.15, 0.2) is 23.1 Å². The highest BCUT2D eigenvalue weighted by Crippen LogP contribution is 2.26. The van der Waals surface area contributed by atoms with Gasteiger partial charge in [0.05, 0.1) is 31.7 Å². The molecule has 0 aliphatic carbocycles. The third-order valence-corrected chi connectivity index (χ3v) is 4.38. The minimum atomic E-state index is -3.37. The second-order valence-corrected chi connectivity index (χ2v) is 8.20. The summed E-state index contributed by atoms with van der Waals surface area (Å²) in [5.74, 6) is -0.215. The lowest BCUT2D eigenvalue weighted by Gasteiger charge is -2.01. The Kier molecular flexibility index (Phi) is 3.75. The standard InChI is InChI=1S/C7H4I2O4S/c8-7(11)5-3-4(14(9,12)13)1-2-6(5)10/h1-3,10H. The Morgan fingerprint density at radius 1 is 1.36 bits per heavy atom. The van der Waals surface area contributed by atoms with Crippen LogP contribution in [-0.2, 0) is 7.01 Å². The smallest absolute Gasteiger partial charge is 0.231 e. The van der Waals surface area contributed by atoms with E-state index in [9.17, 15) is 18.3 Å². The summed E-state index contributed by atoms with van der Waals surface area (Å²) in [6.45, 7) is 0. The molecule has 0 unspecified atom stereocenters. The topological polar surface area (TPSA) is 71.4 Å². The maximum absolute atomic E-state index is 11.1. The summed E-state index contributed by atoms with van der Waals surface area (Å²) in [6.07, 6.45) is 0. The molecule has 0 radical (unpaired) electrons. The molecule has 1 aromatic carbocycles. The SMILES string of the molecule is O=C(I)c1cc(S(=O)(=O)I)ccc1O. The summed E-state index contributed by atoms with van der Waals surface area (Å²) in [5.41, 5.74) is 0.00309. The van der Waals surface area contributed by atoms with Crippen molar-refractivity contribution in [1.29, 1.82) is 0 Å². The summed E-state index contributed by atoms with van der Waals surface area (Å²) < 4.78 is 21.8. The molecule has 0 fully saturated rings. The molecule has 0 saturated carbocycles. The quantitative estimate of drug-likeness (QED) is 0.568. The molecule has 14 heavy (non-hydrogen) atoms. The van der Waals surface area contributed by atoms with Gasteiger partial charge in [-0.2, -0.15) is 0 Å². The lowest BCUT2D eigenvalue weighted by molar-refractivity contribution is 0.110. The van der Waals surface area contributed by atoms with Crippen molar-refractivity contribution in [2.24, 2.45) is 0 Å². The van der Waals surface area contributed by atoms with E-state index in [1.807, 2.05) is 0 Å². The number of hydrogen-bond donors (Lipinski definition) is 1. The van der Waals surface area contributed by atoms with Gasteiger partial charge in [0, 0.05) is 22.6 Å². The van der Waals surface area contributed by atoms with Crippen LogP contribution >= 0.6 is 43.8 Å². The first-order valence-corrected chi connectivity index (χ1v) is 8.40. The fraction of sp³-hybridized carbons (Fsp3) is 0. The maximum Gasteiger partial charge on any atom is 0.231 e. The highest BCUT2D eigenvalue weighted by atomic mass is 127. The number of aromatic hydroxyl groups is 1. The number of rotatable bonds is 2. The van der Waals surface area contributed by atoms with E-state index in [-0.39, 0.29) is 16.2 Å². The highest BCUT2D eigenvalue weighted by molar-refractivity contribution is 14.2. The third-order valence-electron chi connectivity index (χ3n) is 1.46. The minimum Gasteiger partial charge on any atom is -0.507 e. The molecule has 0 saturated heterocycles. The van der Waals surface area contributed by atoms with Crippen molar-refractivity contribution in [3.05, 3.63) is 23.8 Å². The number of halogens is 2. The largest absolute Gasteiger partial charge is 0.507 e. The van der Waals surface area contributed by atoms with E-state index < -0.39 is 10.8 Å². The molecule has 0 amide bonds. The zero-order valence-electron chi connectivity index (χ0n) is 6.57. The first-order chi connectivity index (χ1) is 6.32. The van der Waals surface area contributed by atoms with Gasteiger partial charge in [0.1, 0.15) is 5.75 Å². The number of phenolic OH excluding ortho intramolecular Hbond substituents is 1. The van der Waals surface area contributed by atoms with Crippen LogP contribution in [0.2, 0.25) is 0 Å². The molecular weight excluding hydrogens is 434 g/mol. The number of hydrogen-bond acceptors (Lipinski definition) is 4. The van der Waals surface area contributed by atoms with Gasteiger partial charge in [0.2, 0.25) is 10.8 Å². The van der Waals surface area contributed by atoms with Crippen molar-refractivity contribution in [2.45, 2.75) is 4.90 Å². The predicted molar refractivity (Wildman–Crippen MR) is 67.7 cm³/mol. The van der Waals surface area contributed by atoms with Gasteiger partial charge >= 0.3 is 0 Å². The summed E-state index contributed by atoms with van der Waals surface area (Å²) in [7, 11) is -3.37. The van der Waals surface area contributed by atoms with E-state index in [1.54, 1.807) is 0 Å². The van der Waals surface area contributed by atoms with Crippen molar-refractivity contribution in [2.75, 3.05) is 0 Å². The molecule has 4 nitrogen and oxygen atoms in total. The van der Waals surface area contributed by atoms with Crippen molar-refractivity contribution in [3.8, 4) is 5.75 Å². The Labute approximate surface area is 106 Å². The van der Waals surface area contributed by atoms with E-state index in [4.69, 9.17) is 0 Å². The zero-order chi connectivity index (χ0) is 10.9. The molecule has 1 rings (SSSR count). The van der Waals surface area contributed by atoms with Crippen LogP contribution in [0, 0.1) is 0 Å². The van der Waals surface area contributed by atoms with Gasteiger partial charge in [-0.1, -0.05) is 0 Å². The lowest BCUT2D eigenvalue weighted by atomic mass is 10.2. The van der Waals surface area contributed by atoms with Crippen LogP contribution in [0.1, 0.15) is 10.4 Å². The van der Waals surface area contributed by atoms with Crippen LogP contribution < -0.4 is 0 Å². The molecule has 0 atom stereocenters. The Balaban J connectivity index is 3.42. The van der Waals surface area contributed by atoms with Crippen molar-refractivity contribution in [1.82, 2.24) is 0 Å². The van der Waals surface area contributed by atoms with Gasteiger partial charge in [-0.3, -0.25) is 4.79 Å². The summed E-state index contributed by atoms with van der Waals surface area (Å²) in [4.78, 5) is 11.0. The molecule has 0 aliphatic heterocycles. The average Bonchev–Trinajstić information content (AvgIpc) is 2.02. The molecule has 76 valence electrons. The summed E-state index contributed by atoms with van der Waals surface area (Å²) in [6, 6.07) is 3.60. The second-order valence-electron chi connectivity index (χ2n) is 2.39. The first kappa shape index (κ1) is 12.2.